The Morgan fingerprint density at radius 2 is 2.07 bits per heavy atom. The van der Waals surface area contributed by atoms with Gasteiger partial charge in [-0.1, -0.05) is 12.5 Å². The lowest BCUT2D eigenvalue weighted by Gasteiger charge is -2.24. The molecule has 1 aromatic rings. The van der Waals surface area contributed by atoms with Crippen molar-refractivity contribution in [2.75, 3.05) is 11.5 Å². The third-order valence-corrected chi connectivity index (χ3v) is 4.78. The van der Waals surface area contributed by atoms with Crippen molar-refractivity contribution in [3.05, 3.63) is 24.3 Å². The van der Waals surface area contributed by atoms with E-state index in [1.165, 1.54) is 6.07 Å². The normalized spacial score (nSPS) is 17.3. The van der Waals surface area contributed by atoms with Crippen LogP contribution in [0.5, 0.6) is 0 Å². The molecular formula is C11H15NO2S. The van der Waals surface area contributed by atoms with Crippen LogP contribution in [-0.2, 0) is 9.84 Å². The molecule has 1 aliphatic carbocycles. The first-order chi connectivity index (χ1) is 7.08. The number of nitrogens with two attached hydrogens (primary N) is 1. The molecule has 1 fully saturated rings. The molecule has 2 N–H and O–H groups in total. The smallest absolute Gasteiger partial charge is 0.178 e. The predicted molar refractivity (Wildman–Crippen MR) is 60.2 cm³/mol. The van der Waals surface area contributed by atoms with Crippen molar-refractivity contribution in [2.45, 2.75) is 24.2 Å². The van der Waals surface area contributed by atoms with Crippen LogP contribution in [0.25, 0.3) is 0 Å². The van der Waals surface area contributed by atoms with Crippen LogP contribution in [0, 0.1) is 5.92 Å². The van der Waals surface area contributed by atoms with Crippen LogP contribution in [0.2, 0.25) is 0 Å². The molecule has 0 aliphatic heterocycles. The number of sulfone groups is 1. The minimum Gasteiger partial charge on any atom is -0.399 e. The number of hydrogen-bond donors (Lipinski definition) is 1. The van der Waals surface area contributed by atoms with E-state index in [-0.39, 0.29) is 5.75 Å². The highest BCUT2D eigenvalue weighted by Crippen LogP contribution is 2.29. The van der Waals surface area contributed by atoms with Crippen molar-refractivity contribution >= 4 is 15.5 Å². The minimum absolute atomic E-state index is 0.274. The molecule has 0 amide bonds. The average molecular weight is 225 g/mol. The summed E-state index contributed by atoms with van der Waals surface area (Å²) in [4.78, 5) is 0.356. The fraction of sp³-hybridized carbons (Fsp3) is 0.455. The van der Waals surface area contributed by atoms with E-state index >= 15 is 0 Å². The molecular weight excluding hydrogens is 210 g/mol. The van der Waals surface area contributed by atoms with E-state index in [0.29, 0.717) is 16.5 Å². The van der Waals surface area contributed by atoms with E-state index < -0.39 is 9.84 Å². The number of rotatable bonds is 3. The molecule has 0 aromatic heterocycles. The molecule has 0 atom stereocenters. The zero-order chi connectivity index (χ0) is 10.9. The van der Waals surface area contributed by atoms with Crippen LogP contribution in [0.3, 0.4) is 0 Å². The van der Waals surface area contributed by atoms with Gasteiger partial charge in [0, 0.05) is 5.69 Å². The van der Waals surface area contributed by atoms with Crippen molar-refractivity contribution in [1.82, 2.24) is 0 Å². The summed E-state index contributed by atoms with van der Waals surface area (Å²) < 4.78 is 23.9. The molecule has 0 saturated heterocycles. The lowest BCUT2D eigenvalue weighted by Crippen LogP contribution is -2.22. The second kappa shape index (κ2) is 3.85. The first-order valence-corrected chi connectivity index (χ1v) is 6.81. The molecule has 3 nitrogen and oxygen atoms in total. The summed E-state index contributed by atoms with van der Waals surface area (Å²) in [6, 6.07) is 6.53. The predicted octanol–water partition coefficient (Wildman–Crippen LogP) is 1.84. The maximum Gasteiger partial charge on any atom is 0.178 e. The second-order valence-corrected chi connectivity index (χ2v) is 6.19. The molecule has 0 unspecified atom stereocenters. The Hall–Kier alpha value is -1.03. The Bertz CT molecular complexity index is 449. The van der Waals surface area contributed by atoms with E-state index in [4.69, 9.17) is 5.73 Å². The van der Waals surface area contributed by atoms with Gasteiger partial charge in [-0.05, 0) is 37.0 Å². The summed E-state index contributed by atoms with van der Waals surface area (Å²) in [6.07, 6.45) is 3.25. The molecule has 82 valence electrons. The zero-order valence-corrected chi connectivity index (χ0v) is 9.33. The van der Waals surface area contributed by atoms with E-state index in [2.05, 4.69) is 0 Å². The average Bonchev–Trinajstić information content (AvgIpc) is 2.12. The first kappa shape index (κ1) is 10.5. The number of nitrogen functional groups attached to an aromatic ring is 1. The molecule has 0 heterocycles. The quantitative estimate of drug-likeness (QED) is 0.798. The van der Waals surface area contributed by atoms with Gasteiger partial charge in [-0.2, -0.15) is 0 Å². The van der Waals surface area contributed by atoms with Gasteiger partial charge in [0.1, 0.15) is 0 Å². The van der Waals surface area contributed by atoms with Crippen LogP contribution in [0.15, 0.2) is 29.2 Å². The summed E-state index contributed by atoms with van der Waals surface area (Å²) in [6.45, 7) is 0. The number of anilines is 1. The lowest BCUT2D eigenvalue weighted by molar-refractivity contribution is 0.347. The molecule has 2 rings (SSSR count). The van der Waals surface area contributed by atoms with Crippen LogP contribution in [0.1, 0.15) is 19.3 Å². The molecule has 1 aromatic carbocycles. The monoisotopic (exact) mass is 225 g/mol. The minimum atomic E-state index is -3.12. The van der Waals surface area contributed by atoms with Crippen molar-refractivity contribution in [1.29, 1.82) is 0 Å². The van der Waals surface area contributed by atoms with Crippen molar-refractivity contribution < 1.29 is 8.42 Å². The summed E-state index contributed by atoms with van der Waals surface area (Å²) in [7, 11) is -3.12. The maximum atomic E-state index is 11.9. The van der Waals surface area contributed by atoms with Crippen LogP contribution < -0.4 is 5.73 Å². The number of hydrogen-bond acceptors (Lipinski definition) is 3. The highest BCUT2D eigenvalue weighted by molar-refractivity contribution is 7.91. The van der Waals surface area contributed by atoms with Crippen LogP contribution >= 0.6 is 0 Å². The third kappa shape index (κ3) is 2.31. The van der Waals surface area contributed by atoms with Gasteiger partial charge in [0.15, 0.2) is 9.84 Å². The fourth-order valence-corrected chi connectivity index (χ4v) is 3.52. The molecule has 15 heavy (non-hydrogen) atoms. The topological polar surface area (TPSA) is 60.2 Å². The lowest BCUT2D eigenvalue weighted by atomic mass is 9.87. The highest BCUT2D eigenvalue weighted by Gasteiger charge is 2.25. The SMILES string of the molecule is Nc1cccc(S(=O)(=O)CC2CCC2)c1. The Labute approximate surface area is 90.2 Å². The van der Waals surface area contributed by atoms with E-state index in [0.717, 1.165) is 19.3 Å². The van der Waals surface area contributed by atoms with Crippen molar-refractivity contribution in [3.63, 3.8) is 0 Å². The number of benzene rings is 1. The standard InChI is InChI=1S/C11H15NO2S/c12-10-5-2-6-11(7-10)15(13,14)8-9-3-1-4-9/h2,5-7,9H,1,3-4,8,12H2. The van der Waals surface area contributed by atoms with Gasteiger partial charge in [0.25, 0.3) is 0 Å². The van der Waals surface area contributed by atoms with Crippen LogP contribution in [0.4, 0.5) is 5.69 Å². The molecule has 4 heteroatoms. The van der Waals surface area contributed by atoms with Gasteiger partial charge in [-0.25, -0.2) is 8.42 Å². The molecule has 0 bridgehead atoms. The molecule has 0 radical (unpaired) electrons. The van der Waals surface area contributed by atoms with Crippen molar-refractivity contribution in [3.8, 4) is 0 Å². The van der Waals surface area contributed by atoms with Gasteiger partial charge in [-0.3, -0.25) is 0 Å². The maximum absolute atomic E-state index is 11.9. The van der Waals surface area contributed by atoms with Gasteiger partial charge in [-0.15, -0.1) is 0 Å². The Morgan fingerprint density at radius 3 is 2.60 bits per heavy atom. The molecule has 1 saturated carbocycles. The van der Waals surface area contributed by atoms with Gasteiger partial charge in [0.2, 0.25) is 0 Å². The summed E-state index contributed by atoms with van der Waals surface area (Å²) >= 11 is 0. The molecule has 1 aliphatic rings. The zero-order valence-electron chi connectivity index (χ0n) is 8.52. The first-order valence-electron chi connectivity index (χ1n) is 5.16. The van der Waals surface area contributed by atoms with E-state index in [1.807, 2.05) is 0 Å². The fourth-order valence-electron chi connectivity index (χ4n) is 1.77. The summed E-state index contributed by atoms with van der Waals surface area (Å²) in [5.74, 6) is 0.632. The van der Waals surface area contributed by atoms with Gasteiger partial charge < -0.3 is 5.73 Å². The van der Waals surface area contributed by atoms with E-state index in [9.17, 15) is 8.42 Å². The highest BCUT2D eigenvalue weighted by atomic mass is 32.2. The third-order valence-electron chi connectivity index (χ3n) is 2.90. The van der Waals surface area contributed by atoms with Gasteiger partial charge in [0.05, 0.1) is 10.6 Å². The van der Waals surface area contributed by atoms with Crippen molar-refractivity contribution in [2.24, 2.45) is 5.92 Å². The molecule has 0 spiro atoms. The largest absolute Gasteiger partial charge is 0.399 e. The Balaban J connectivity index is 2.20. The summed E-state index contributed by atoms with van der Waals surface area (Å²) in [5, 5.41) is 0. The van der Waals surface area contributed by atoms with Crippen LogP contribution in [-0.4, -0.2) is 14.2 Å². The van der Waals surface area contributed by atoms with Gasteiger partial charge >= 0.3 is 0 Å². The van der Waals surface area contributed by atoms with E-state index in [1.54, 1.807) is 18.2 Å². The summed E-state index contributed by atoms with van der Waals surface area (Å²) in [5.41, 5.74) is 6.07. The second-order valence-electron chi connectivity index (χ2n) is 4.15. The Morgan fingerprint density at radius 1 is 1.33 bits per heavy atom. The Kier molecular flexibility index (Phi) is 2.69.